The van der Waals surface area contributed by atoms with E-state index >= 15 is 0 Å². The van der Waals surface area contributed by atoms with Gasteiger partial charge in [-0.3, -0.25) is 14.7 Å². The van der Waals surface area contributed by atoms with E-state index in [4.69, 9.17) is 9.73 Å². The maximum absolute atomic E-state index is 11.6. The normalized spacial score (nSPS) is 16.8. The molecule has 3 N–H and O–H groups in total. The first-order valence-electron chi connectivity index (χ1n) is 9.72. The van der Waals surface area contributed by atoms with Crippen molar-refractivity contribution in [3.63, 3.8) is 0 Å². The predicted molar refractivity (Wildman–Crippen MR) is 102 cm³/mol. The molecule has 0 radical (unpaired) electrons. The molecule has 1 aliphatic carbocycles. The Hall–Kier alpha value is -1.12. The molecule has 1 aromatic rings. The average molecular weight is 385 g/mol. The van der Waals surface area contributed by atoms with Crippen LogP contribution < -0.4 is 10.2 Å². The van der Waals surface area contributed by atoms with Gasteiger partial charge in [-0.25, -0.2) is 5.48 Å². The highest BCUT2D eigenvalue weighted by molar-refractivity contribution is 7.97. The van der Waals surface area contributed by atoms with E-state index < -0.39 is 5.91 Å². The first-order valence-corrected chi connectivity index (χ1v) is 10.6. The molecule has 1 aliphatic rings. The standard InChI is InChI=1S/C18H32N4O3S/c1-13(2)26-19-12-16-20-18(25-22-16)15(11-17(23)21-24)10-6-9-14-7-4-3-5-8-14/h13-15,19,24H,3-12H2,1-2H3,(H,21,23). The molecule has 2 rings (SSSR count). The lowest BCUT2D eigenvalue weighted by molar-refractivity contribution is -0.129. The van der Waals surface area contributed by atoms with Gasteiger partial charge in [0.05, 0.1) is 6.54 Å². The van der Waals surface area contributed by atoms with Crippen molar-refractivity contribution in [2.75, 3.05) is 0 Å². The molecule has 8 heteroatoms. The number of carbonyl (C=O) groups excluding carboxylic acids is 1. The fourth-order valence-electron chi connectivity index (χ4n) is 3.49. The first-order chi connectivity index (χ1) is 12.6. The highest BCUT2D eigenvalue weighted by Crippen LogP contribution is 2.31. The van der Waals surface area contributed by atoms with Gasteiger partial charge in [0.25, 0.3) is 0 Å². The number of hydroxylamine groups is 1. The fraction of sp³-hybridized carbons (Fsp3) is 0.833. The van der Waals surface area contributed by atoms with E-state index in [0.29, 0.717) is 23.5 Å². The molecule has 1 heterocycles. The van der Waals surface area contributed by atoms with Gasteiger partial charge in [0.2, 0.25) is 11.8 Å². The topological polar surface area (TPSA) is 100 Å². The van der Waals surface area contributed by atoms with Crippen molar-refractivity contribution in [1.29, 1.82) is 0 Å². The SMILES string of the molecule is CC(C)SNCc1noc(C(CCCC2CCCCC2)CC(=O)NO)n1. The minimum Gasteiger partial charge on any atom is -0.339 e. The number of nitrogens with one attached hydrogen (secondary N) is 2. The van der Waals surface area contributed by atoms with Crippen LogP contribution in [-0.2, 0) is 11.3 Å². The van der Waals surface area contributed by atoms with Crippen LogP contribution in [-0.4, -0.2) is 26.5 Å². The summed E-state index contributed by atoms with van der Waals surface area (Å²) in [5.41, 5.74) is 1.71. The van der Waals surface area contributed by atoms with Gasteiger partial charge in [-0.2, -0.15) is 4.98 Å². The number of rotatable bonds is 11. The molecule has 1 atom stereocenters. The molecule has 7 nitrogen and oxygen atoms in total. The monoisotopic (exact) mass is 384 g/mol. The molecule has 1 aromatic heterocycles. The highest BCUT2D eigenvalue weighted by Gasteiger charge is 2.23. The number of carbonyl (C=O) groups is 1. The average Bonchev–Trinajstić information content (AvgIpc) is 3.10. The molecule has 1 fully saturated rings. The zero-order chi connectivity index (χ0) is 18.8. The molecule has 0 bridgehead atoms. The van der Waals surface area contributed by atoms with Crippen molar-refractivity contribution in [1.82, 2.24) is 20.3 Å². The van der Waals surface area contributed by atoms with Crippen LogP contribution in [0.1, 0.15) is 89.3 Å². The van der Waals surface area contributed by atoms with E-state index in [0.717, 1.165) is 18.8 Å². The molecule has 0 saturated heterocycles. The van der Waals surface area contributed by atoms with E-state index in [-0.39, 0.29) is 12.3 Å². The van der Waals surface area contributed by atoms with Crippen LogP contribution in [0.5, 0.6) is 0 Å². The van der Waals surface area contributed by atoms with Gasteiger partial charge in [-0.1, -0.05) is 75.9 Å². The Labute approximate surface area is 160 Å². The Bertz CT molecular complexity index is 532. The van der Waals surface area contributed by atoms with E-state index in [2.05, 4.69) is 28.7 Å². The van der Waals surface area contributed by atoms with Crippen LogP contribution in [0.2, 0.25) is 0 Å². The highest BCUT2D eigenvalue weighted by atomic mass is 32.2. The Morgan fingerprint density at radius 3 is 2.81 bits per heavy atom. The van der Waals surface area contributed by atoms with Crippen molar-refractivity contribution in [2.45, 2.75) is 89.3 Å². The minimum atomic E-state index is -0.416. The predicted octanol–water partition coefficient (Wildman–Crippen LogP) is 3.95. The number of hydrogen-bond donors (Lipinski definition) is 3. The Morgan fingerprint density at radius 2 is 2.12 bits per heavy atom. The zero-order valence-corrected chi connectivity index (χ0v) is 16.7. The summed E-state index contributed by atoms with van der Waals surface area (Å²) < 4.78 is 8.60. The lowest BCUT2D eigenvalue weighted by atomic mass is 9.84. The van der Waals surface area contributed by atoms with Gasteiger partial charge in [-0.05, 0) is 12.3 Å². The molecule has 26 heavy (non-hydrogen) atoms. The Kier molecular flexibility index (Phi) is 9.42. The maximum atomic E-state index is 11.6. The molecule has 0 aliphatic heterocycles. The van der Waals surface area contributed by atoms with Gasteiger partial charge in [0, 0.05) is 17.6 Å². The summed E-state index contributed by atoms with van der Waals surface area (Å²) in [7, 11) is 0. The van der Waals surface area contributed by atoms with Crippen LogP contribution >= 0.6 is 11.9 Å². The molecule has 0 aromatic carbocycles. The summed E-state index contributed by atoms with van der Waals surface area (Å²) in [6.07, 6.45) is 9.90. The van der Waals surface area contributed by atoms with E-state index in [9.17, 15) is 4.79 Å². The van der Waals surface area contributed by atoms with Gasteiger partial charge < -0.3 is 4.52 Å². The van der Waals surface area contributed by atoms with Gasteiger partial charge in [0.15, 0.2) is 5.82 Å². The second kappa shape index (κ2) is 11.6. The molecule has 1 unspecified atom stereocenters. The quantitative estimate of drug-likeness (QED) is 0.302. The molecular weight excluding hydrogens is 352 g/mol. The Morgan fingerprint density at radius 1 is 1.35 bits per heavy atom. The van der Waals surface area contributed by atoms with E-state index in [1.807, 2.05) is 0 Å². The van der Waals surface area contributed by atoms with Crippen LogP contribution in [0.25, 0.3) is 0 Å². The number of aromatic nitrogens is 2. The number of hydrogen-bond acceptors (Lipinski definition) is 7. The smallest absolute Gasteiger partial charge is 0.244 e. The van der Waals surface area contributed by atoms with Crippen LogP contribution in [0, 0.1) is 5.92 Å². The van der Waals surface area contributed by atoms with Gasteiger partial charge in [0.1, 0.15) is 0 Å². The third kappa shape index (κ3) is 7.63. The molecule has 1 saturated carbocycles. The minimum absolute atomic E-state index is 0.148. The summed E-state index contributed by atoms with van der Waals surface area (Å²) in [4.78, 5) is 16.1. The summed E-state index contributed by atoms with van der Waals surface area (Å²) in [6, 6.07) is 0. The van der Waals surface area contributed by atoms with Crippen LogP contribution in [0.3, 0.4) is 0 Å². The summed E-state index contributed by atoms with van der Waals surface area (Å²) >= 11 is 1.62. The molecule has 148 valence electrons. The van der Waals surface area contributed by atoms with Gasteiger partial charge >= 0.3 is 0 Å². The maximum Gasteiger partial charge on any atom is 0.244 e. The summed E-state index contributed by atoms with van der Waals surface area (Å²) in [6.45, 7) is 4.73. The second-order valence-corrected chi connectivity index (χ2v) is 8.87. The third-order valence-corrected chi connectivity index (χ3v) is 5.61. The van der Waals surface area contributed by atoms with E-state index in [1.54, 1.807) is 17.4 Å². The Balaban J connectivity index is 1.86. The van der Waals surface area contributed by atoms with Crippen LogP contribution in [0.15, 0.2) is 4.52 Å². The molecule has 0 spiro atoms. The van der Waals surface area contributed by atoms with Crippen LogP contribution in [0.4, 0.5) is 0 Å². The van der Waals surface area contributed by atoms with Crippen molar-refractivity contribution in [3.8, 4) is 0 Å². The first kappa shape index (κ1) is 21.2. The number of nitrogens with zero attached hydrogens (tertiary/aromatic N) is 2. The number of amides is 1. The lowest BCUT2D eigenvalue weighted by Gasteiger charge is -2.22. The fourth-order valence-corrected chi connectivity index (χ4v) is 4.03. The third-order valence-electron chi connectivity index (χ3n) is 4.83. The molecule has 1 amide bonds. The zero-order valence-electron chi connectivity index (χ0n) is 15.9. The summed E-state index contributed by atoms with van der Waals surface area (Å²) in [5, 5.41) is 13.3. The lowest BCUT2D eigenvalue weighted by Crippen LogP contribution is -2.21. The van der Waals surface area contributed by atoms with Crippen molar-refractivity contribution >= 4 is 17.9 Å². The largest absolute Gasteiger partial charge is 0.339 e. The van der Waals surface area contributed by atoms with Crippen molar-refractivity contribution in [3.05, 3.63) is 11.7 Å². The van der Waals surface area contributed by atoms with E-state index in [1.165, 1.54) is 38.5 Å². The molecular formula is C18H32N4O3S. The van der Waals surface area contributed by atoms with Crippen molar-refractivity contribution < 1.29 is 14.5 Å². The second-order valence-electron chi connectivity index (χ2n) is 7.41. The van der Waals surface area contributed by atoms with Crippen molar-refractivity contribution in [2.24, 2.45) is 5.92 Å². The summed E-state index contributed by atoms with van der Waals surface area (Å²) in [5.74, 6) is 1.33. The van der Waals surface area contributed by atoms with Gasteiger partial charge in [-0.15, -0.1) is 0 Å².